The van der Waals surface area contributed by atoms with Gasteiger partial charge in [-0.05, 0) is 29.8 Å². The molecular weight excluding hydrogens is 256 g/mol. The molecule has 1 aromatic carbocycles. The molecular formula is C15H16N2O3. The van der Waals surface area contributed by atoms with Gasteiger partial charge in [0, 0.05) is 19.8 Å². The average Bonchev–Trinajstić information content (AvgIpc) is 2.90. The first kappa shape index (κ1) is 13.9. The van der Waals surface area contributed by atoms with E-state index in [4.69, 9.17) is 0 Å². The maximum Gasteiger partial charge on any atom is 0.337 e. The fraction of sp³-hybridized carbons (Fsp3) is 0.200. The molecule has 2 aromatic rings. The molecule has 1 N–H and O–H groups in total. The molecule has 20 heavy (non-hydrogen) atoms. The van der Waals surface area contributed by atoms with Crippen LogP contribution in [0.1, 0.15) is 26.4 Å². The third-order valence-corrected chi connectivity index (χ3v) is 3.00. The lowest BCUT2D eigenvalue weighted by Gasteiger charge is -2.07. The van der Waals surface area contributed by atoms with Gasteiger partial charge in [-0.25, -0.2) is 4.79 Å². The highest BCUT2D eigenvalue weighted by molar-refractivity contribution is 5.92. The van der Waals surface area contributed by atoms with E-state index in [0.29, 0.717) is 17.8 Å². The third-order valence-electron chi connectivity index (χ3n) is 3.00. The van der Waals surface area contributed by atoms with Crippen LogP contribution < -0.4 is 5.32 Å². The molecule has 0 fully saturated rings. The van der Waals surface area contributed by atoms with E-state index < -0.39 is 0 Å². The Hall–Kier alpha value is -2.56. The van der Waals surface area contributed by atoms with Crippen molar-refractivity contribution in [2.45, 2.75) is 6.54 Å². The van der Waals surface area contributed by atoms with Crippen LogP contribution in [0.3, 0.4) is 0 Å². The lowest BCUT2D eigenvalue weighted by atomic mass is 10.1. The molecule has 1 amide bonds. The number of esters is 1. The van der Waals surface area contributed by atoms with Gasteiger partial charge >= 0.3 is 5.97 Å². The number of nitrogens with one attached hydrogen (secondary N) is 1. The Labute approximate surface area is 117 Å². The number of hydrogen-bond acceptors (Lipinski definition) is 3. The second-order valence-corrected chi connectivity index (χ2v) is 4.38. The molecule has 0 aliphatic carbocycles. The molecule has 0 radical (unpaired) electrons. The molecule has 0 aliphatic heterocycles. The predicted molar refractivity (Wildman–Crippen MR) is 74.4 cm³/mol. The molecule has 0 bridgehead atoms. The molecule has 0 unspecified atom stereocenters. The van der Waals surface area contributed by atoms with Gasteiger partial charge in [0.25, 0.3) is 5.91 Å². The van der Waals surface area contributed by atoms with Crippen LogP contribution >= 0.6 is 0 Å². The number of nitrogens with zero attached hydrogens (tertiary/aromatic N) is 1. The fourth-order valence-corrected chi connectivity index (χ4v) is 1.85. The van der Waals surface area contributed by atoms with Gasteiger partial charge in [0.05, 0.1) is 12.7 Å². The number of rotatable bonds is 4. The molecule has 2 rings (SSSR count). The van der Waals surface area contributed by atoms with Crippen molar-refractivity contribution in [3.8, 4) is 0 Å². The Kier molecular flexibility index (Phi) is 4.20. The van der Waals surface area contributed by atoms with Gasteiger partial charge in [-0.1, -0.05) is 12.1 Å². The molecule has 5 heteroatoms. The van der Waals surface area contributed by atoms with Gasteiger partial charge in [0.1, 0.15) is 5.69 Å². The molecule has 0 atom stereocenters. The van der Waals surface area contributed by atoms with Crippen molar-refractivity contribution >= 4 is 11.9 Å². The van der Waals surface area contributed by atoms with Crippen LogP contribution in [0.2, 0.25) is 0 Å². The summed E-state index contributed by atoms with van der Waals surface area (Å²) in [5, 5.41) is 2.83. The van der Waals surface area contributed by atoms with Crippen LogP contribution in [0.25, 0.3) is 0 Å². The van der Waals surface area contributed by atoms with E-state index in [0.717, 1.165) is 5.56 Å². The first-order valence-corrected chi connectivity index (χ1v) is 6.18. The number of amides is 1. The minimum Gasteiger partial charge on any atom is -0.465 e. The van der Waals surface area contributed by atoms with Crippen molar-refractivity contribution in [3.63, 3.8) is 0 Å². The zero-order valence-corrected chi connectivity index (χ0v) is 11.4. The average molecular weight is 272 g/mol. The summed E-state index contributed by atoms with van der Waals surface area (Å²) in [7, 11) is 3.16. The van der Waals surface area contributed by atoms with Gasteiger partial charge in [-0.2, -0.15) is 0 Å². The van der Waals surface area contributed by atoms with Crippen LogP contribution in [0.15, 0.2) is 42.6 Å². The zero-order chi connectivity index (χ0) is 14.5. The van der Waals surface area contributed by atoms with Crippen LogP contribution in [-0.4, -0.2) is 23.6 Å². The van der Waals surface area contributed by atoms with E-state index in [-0.39, 0.29) is 11.9 Å². The molecule has 1 heterocycles. The number of methoxy groups -OCH3 is 1. The highest BCUT2D eigenvalue weighted by Gasteiger charge is 2.08. The summed E-state index contributed by atoms with van der Waals surface area (Å²) < 4.78 is 6.38. The van der Waals surface area contributed by atoms with E-state index in [1.807, 2.05) is 19.3 Å². The van der Waals surface area contributed by atoms with Gasteiger partial charge in [-0.15, -0.1) is 0 Å². The molecule has 104 valence electrons. The van der Waals surface area contributed by atoms with Crippen molar-refractivity contribution < 1.29 is 14.3 Å². The fourth-order valence-electron chi connectivity index (χ4n) is 1.85. The van der Waals surface area contributed by atoms with Crippen molar-refractivity contribution in [1.82, 2.24) is 9.88 Å². The van der Waals surface area contributed by atoms with E-state index in [2.05, 4.69) is 10.1 Å². The Balaban J connectivity index is 1.96. The summed E-state index contributed by atoms with van der Waals surface area (Å²) in [6.45, 7) is 0.408. The van der Waals surface area contributed by atoms with Crippen molar-refractivity contribution in [1.29, 1.82) is 0 Å². The maximum atomic E-state index is 11.9. The number of carbonyl (C=O) groups excluding carboxylic acids is 2. The summed E-state index contributed by atoms with van der Waals surface area (Å²) in [6, 6.07) is 10.5. The first-order valence-electron chi connectivity index (χ1n) is 6.18. The summed E-state index contributed by atoms with van der Waals surface area (Å²) in [4.78, 5) is 23.2. The minimum atomic E-state index is -0.371. The van der Waals surface area contributed by atoms with Gasteiger partial charge in [-0.3, -0.25) is 4.79 Å². The van der Waals surface area contributed by atoms with E-state index in [9.17, 15) is 9.59 Å². The monoisotopic (exact) mass is 272 g/mol. The first-order chi connectivity index (χ1) is 9.61. The number of ether oxygens (including phenoxy) is 1. The van der Waals surface area contributed by atoms with Gasteiger partial charge < -0.3 is 14.6 Å². The van der Waals surface area contributed by atoms with Crippen molar-refractivity contribution in [3.05, 3.63) is 59.4 Å². The molecule has 0 spiro atoms. The van der Waals surface area contributed by atoms with Crippen molar-refractivity contribution in [2.24, 2.45) is 7.05 Å². The third kappa shape index (κ3) is 3.06. The minimum absolute atomic E-state index is 0.130. The van der Waals surface area contributed by atoms with Crippen LogP contribution in [0.5, 0.6) is 0 Å². The predicted octanol–water partition coefficient (Wildman–Crippen LogP) is 1.74. The van der Waals surface area contributed by atoms with E-state index in [1.54, 1.807) is 34.9 Å². The number of benzene rings is 1. The van der Waals surface area contributed by atoms with Crippen molar-refractivity contribution in [2.75, 3.05) is 7.11 Å². The largest absolute Gasteiger partial charge is 0.465 e. The van der Waals surface area contributed by atoms with E-state index >= 15 is 0 Å². The second kappa shape index (κ2) is 6.06. The van der Waals surface area contributed by atoms with Gasteiger partial charge in [0.2, 0.25) is 0 Å². The molecule has 1 aromatic heterocycles. The van der Waals surface area contributed by atoms with E-state index in [1.165, 1.54) is 7.11 Å². The number of carbonyl (C=O) groups is 2. The molecule has 0 saturated carbocycles. The number of aryl methyl sites for hydroxylation is 1. The van der Waals surface area contributed by atoms with Crippen LogP contribution in [-0.2, 0) is 18.3 Å². The van der Waals surface area contributed by atoms with Gasteiger partial charge in [0.15, 0.2) is 0 Å². The lowest BCUT2D eigenvalue weighted by Crippen LogP contribution is -2.24. The van der Waals surface area contributed by atoms with Crippen LogP contribution in [0.4, 0.5) is 0 Å². The Morgan fingerprint density at radius 2 is 1.90 bits per heavy atom. The Bertz CT molecular complexity index is 614. The Morgan fingerprint density at radius 1 is 1.20 bits per heavy atom. The highest BCUT2D eigenvalue weighted by atomic mass is 16.5. The molecule has 5 nitrogen and oxygen atoms in total. The number of hydrogen-bond donors (Lipinski definition) is 1. The quantitative estimate of drug-likeness (QED) is 0.862. The summed E-state index contributed by atoms with van der Waals surface area (Å²) >= 11 is 0. The number of aromatic nitrogens is 1. The Morgan fingerprint density at radius 3 is 2.45 bits per heavy atom. The zero-order valence-electron chi connectivity index (χ0n) is 11.4. The SMILES string of the molecule is COC(=O)c1ccc(CNC(=O)c2cccn2C)cc1. The summed E-state index contributed by atoms with van der Waals surface area (Å²) in [6.07, 6.45) is 1.82. The van der Waals surface area contributed by atoms with Crippen LogP contribution in [0, 0.1) is 0 Å². The second-order valence-electron chi connectivity index (χ2n) is 4.38. The smallest absolute Gasteiger partial charge is 0.337 e. The maximum absolute atomic E-state index is 11.9. The molecule has 0 saturated heterocycles. The normalized spacial score (nSPS) is 10.1. The highest BCUT2D eigenvalue weighted by Crippen LogP contribution is 2.06. The summed E-state index contributed by atoms with van der Waals surface area (Å²) in [5.41, 5.74) is 2.02. The summed E-state index contributed by atoms with van der Waals surface area (Å²) in [5.74, 6) is -0.501. The standard InChI is InChI=1S/C15H16N2O3/c1-17-9-3-4-13(17)14(18)16-10-11-5-7-12(8-6-11)15(19)20-2/h3-9H,10H2,1-2H3,(H,16,18). The lowest BCUT2D eigenvalue weighted by molar-refractivity contribution is 0.0600. The topological polar surface area (TPSA) is 60.3 Å². The molecule has 0 aliphatic rings.